The SMILES string of the molecule is CC[C@H](NC(=O)c1c(C)c(-c2ccc(C)cc2)nc2ccccc12)c1ccccc1. The molecule has 0 fully saturated rings. The molecule has 0 aliphatic heterocycles. The second kappa shape index (κ2) is 8.50. The number of benzene rings is 3. The van der Waals surface area contributed by atoms with Crippen LogP contribution >= 0.6 is 0 Å². The molecular formula is C27H26N2O. The number of hydrogen-bond donors (Lipinski definition) is 1. The lowest BCUT2D eigenvalue weighted by Gasteiger charge is -2.20. The highest BCUT2D eigenvalue weighted by Gasteiger charge is 2.21. The van der Waals surface area contributed by atoms with E-state index < -0.39 is 0 Å². The minimum Gasteiger partial charge on any atom is -0.345 e. The molecule has 0 bridgehead atoms. The van der Waals surface area contributed by atoms with Gasteiger partial charge in [-0.25, -0.2) is 4.98 Å². The summed E-state index contributed by atoms with van der Waals surface area (Å²) in [5, 5.41) is 4.13. The molecule has 3 nitrogen and oxygen atoms in total. The molecule has 1 atom stereocenters. The molecule has 0 unspecified atom stereocenters. The number of para-hydroxylation sites is 1. The van der Waals surface area contributed by atoms with Gasteiger partial charge in [-0.2, -0.15) is 0 Å². The van der Waals surface area contributed by atoms with Crippen LogP contribution in [0.3, 0.4) is 0 Å². The van der Waals surface area contributed by atoms with Crippen molar-refractivity contribution in [2.75, 3.05) is 0 Å². The van der Waals surface area contributed by atoms with Crippen molar-refractivity contribution in [2.45, 2.75) is 33.2 Å². The number of aryl methyl sites for hydroxylation is 1. The van der Waals surface area contributed by atoms with Crippen LogP contribution in [-0.2, 0) is 0 Å². The zero-order chi connectivity index (χ0) is 21.1. The highest BCUT2D eigenvalue weighted by atomic mass is 16.1. The van der Waals surface area contributed by atoms with Gasteiger partial charge >= 0.3 is 0 Å². The summed E-state index contributed by atoms with van der Waals surface area (Å²) in [7, 11) is 0. The second-order valence-corrected chi connectivity index (χ2v) is 7.69. The maximum absolute atomic E-state index is 13.5. The first-order valence-electron chi connectivity index (χ1n) is 10.4. The molecule has 1 heterocycles. The second-order valence-electron chi connectivity index (χ2n) is 7.69. The molecule has 4 rings (SSSR count). The molecule has 0 aliphatic carbocycles. The van der Waals surface area contributed by atoms with Gasteiger partial charge in [-0.1, -0.05) is 85.3 Å². The molecule has 0 aliphatic rings. The van der Waals surface area contributed by atoms with E-state index in [4.69, 9.17) is 4.98 Å². The number of nitrogens with zero attached hydrogens (tertiary/aromatic N) is 1. The fraction of sp³-hybridized carbons (Fsp3) is 0.185. The van der Waals surface area contributed by atoms with Gasteiger partial charge < -0.3 is 5.32 Å². The lowest BCUT2D eigenvalue weighted by atomic mass is 9.96. The van der Waals surface area contributed by atoms with E-state index in [1.165, 1.54) is 5.56 Å². The molecule has 30 heavy (non-hydrogen) atoms. The normalized spacial score (nSPS) is 12.0. The van der Waals surface area contributed by atoms with Crippen LogP contribution in [0.15, 0.2) is 78.9 Å². The van der Waals surface area contributed by atoms with E-state index in [2.05, 4.69) is 55.6 Å². The summed E-state index contributed by atoms with van der Waals surface area (Å²) in [6.07, 6.45) is 0.822. The van der Waals surface area contributed by atoms with Crippen LogP contribution in [-0.4, -0.2) is 10.9 Å². The Kier molecular flexibility index (Phi) is 5.62. The van der Waals surface area contributed by atoms with E-state index in [1.54, 1.807) is 0 Å². The molecule has 3 heteroatoms. The lowest BCUT2D eigenvalue weighted by molar-refractivity contribution is 0.0936. The van der Waals surface area contributed by atoms with Gasteiger partial charge in [0.05, 0.1) is 22.8 Å². The molecule has 4 aromatic rings. The lowest BCUT2D eigenvalue weighted by Crippen LogP contribution is -2.29. The molecule has 0 radical (unpaired) electrons. The van der Waals surface area contributed by atoms with Gasteiger partial charge in [-0.3, -0.25) is 4.79 Å². The standard InChI is InChI=1S/C27H26N2O/c1-4-23(20-10-6-5-7-11-20)29-27(30)25-19(3)26(21-16-14-18(2)15-17-21)28-24-13-9-8-12-22(24)25/h5-17,23H,4H2,1-3H3,(H,29,30)/t23-/m0/s1. The van der Waals surface area contributed by atoms with Crippen molar-refractivity contribution >= 4 is 16.8 Å². The smallest absolute Gasteiger partial charge is 0.252 e. The first-order chi connectivity index (χ1) is 14.6. The number of carbonyl (C=O) groups is 1. The third-order valence-corrected chi connectivity index (χ3v) is 5.60. The average Bonchev–Trinajstić information content (AvgIpc) is 2.78. The Morgan fingerprint density at radius 2 is 1.57 bits per heavy atom. The van der Waals surface area contributed by atoms with Crippen molar-refractivity contribution < 1.29 is 4.79 Å². The first kappa shape index (κ1) is 19.8. The van der Waals surface area contributed by atoms with E-state index in [0.29, 0.717) is 5.56 Å². The van der Waals surface area contributed by atoms with Crippen LogP contribution in [0, 0.1) is 13.8 Å². The predicted molar refractivity (Wildman–Crippen MR) is 124 cm³/mol. The maximum atomic E-state index is 13.5. The van der Waals surface area contributed by atoms with Crippen molar-refractivity contribution in [2.24, 2.45) is 0 Å². The monoisotopic (exact) mass is 394 g/mol. The summed E-state index contributed by atoms with van der Waals surface area (Å²) in [4.78, 5) is 18.4. The highest BCUT2D eigenvalue weighted by Crippen LogP contribution is 2.30. The van der Waals surface area contributed by atoms with E-state index in [1.807, 2.05) is 49.4 Å². The Morgan fingerprint density at radius 3 is 2.27 bits per heavy atom. The molecule has 0 spiro atoms. The summed E-state index contributed by atoms with van der Waals surface area (Å²) in [6, 6.07) is 26.3. The quantitative estimate of drug-likeness (QED) is 0.425. The summed E-state index contributed by atoms with van der Waals surface area (Å²) < 4.78 is 0. The van der Waals surface area contributed by atoms with Gasteiger partial charge in [-0.05, 0) is 37.5 Å². The molecule has 0 saturated heterocycles. The highest BCUT2D eigenvalue weighted by molar-refractivity contribution is 6.09. The summed E-state index contributed by atoms with van der Waals surface area (Å²) >= 11 is 0. The van der Waals surface area contributed by atoms with Gasteiger partial charge in [0.1, 0.15) is 0 Å². The van der Waals surface area contributed by atoms with Crippen LogP contribution in [0.2, 0.25) is 0 Å². The minimum absolute atomic E-state index is 0.0344. The molecule has 1 amide bonds. The Bertz CT molecular complexity index is 1180. The molecule has 3 aromatic carbocycles. The summed E-state index contributed by atoms with van der Waals surface area (Å²) in [6.45, 7) is 6.15. The zero-order valence-corrected chi connectivity index (χ0v) is 17.6. The van der Waals surface area contributed by atoms with Crippen LogP contribution in [0.1, 0.15) is 46.4 Å². The summed E-state index contributed by atoms with van der Waals surface area (Å²) in [5.41, 5.74) is 6.62. The van der Waals surface area contributed by atoms with E-state index >= 15 is 0 Å². The Balaban J connectivity index is 1.81. The maximum Gasteiger partial charge on any atom is 0.252 e. The number of fused-ring (bicyclic) bond motifs is 1. The first-order valence-corrected chi connectivity index (χ1v) is 10.4. The number of carbonyl (C=O) groups excluding carboxylic acids is 1. The number of nitrogens with one attached hydrogen (secondary N) is 1. The third kappa shape index (κ3) is 3.84. The zero-order valence-electron chi connectivity index (χ0n) is 17.6. The number of hydrogen-bond acceptors (Lipinski definition) is 2. The van der Waals surface area contributed by atoms with Crippen LogP contribution in [0.25, 0.3) is 22.2 Å². The number of rotatable bonds is 5. The van der Waals surface area contributed by atoms with Gasteiger partial charge in [0.2, 0.25) is 0 Å². The van der Waals surface area contributed by atoms with Crippen molar-refractivity contribution in [1.82, 2.24) is 10.3 Å². The van der Waals surface area contributed by atoms with Crippen LogP contribution in [0.4, 0.5) is 0 Å². The van der Waals surface area contributed by atoms with Crippen molar-refractivity contribution in [3.8, 4) is 11.3 Å². The minimum atomic E-state index is -0.0600. The molecule has 150 valence electrons. The molecular weight excluding hydrogens is 368 g/mol. The molecule has 1 aromatic heterocycles. The third-order valence-electron chi connectivity index (χ3n) is 5.60. The average molecular weight is 395 g/mol. The van der Waals surface area contributed by atoms with Gasteiger partial charge in [0.25, 0.3) is 5.91 Å². The van der Waals surface area contributed by atoms with Crippen LogP contribution < -0.4 is 5.32 Å². The molecule has 1 N–H and O–H groups in total. The number of aromatic nitrogens is 1. The Hall–Kier alpha value is -3.46. The van der Waals surface area contributed by atoms with E-state index in [9.17, 15) is 4.79 Å². The Morgan fingerprint density at radius 1 is 0.900 bits per heavy atom. The van der Waals surface area contributed by atoms with Gasteiger partial charge in [0, 0.05) is 10.9 Å². The van der Waals surface area contributed by atoms with Gasteiger partial charge in [-0.15, -0.1) is 0 Å². The molecule has 0 saturated carbocycles. The number of pyridine rings is 1. The fourth-order valence-electron chi connectivity index (χ4n) is 3.93. The van der Waals surface area contributed by atoms with E-state index in [0.717, 1.165) is 39.7 Å². The topological polar surface area (TPSA) is 42.0 Å². The summed E-state index contributed by atoms with van der Waals surface area (Å²) in [5.74, 6) is -0.0600. The van der Waals surface area contributed by atoms with Crippen molar-refractivity contribution in [3.05, 3.63) is 101 Å². The van der Waals surface area contributed by atoms with Crippen LogP contribution in [0.5, 0.6) is 0 Å². The van der Waals surface area contributed by atoms with Crippen molar-refractivity contribution in [3.63, 3.8) is 0 Å². The van der Waals surface area contributed by atoms with Gasteiger partial charge in [0.15, 0.2) is 0 Å². The Labute approximate surface area is 177 Å². The van der Waals surface area contributed by atoms with Crippen molar-refractivity contribution in [1.29, 1.82) is 0 Å². The van der Waals surface area contributed by atoms with E-state index in [-0.39, 0.29) is 11.9 Å². The largest absolute Gasteiger partial charge is 0.345 e. The predicted octanol–water partition coefficient (Wildman–Crippen LogP) is 6.40. The fourth-order valence-corrected chi connectivity index (χ4v) is 3.93. The number of amides is 1.